The van der Waals surface area contributed by atoms with E-state index in [1.165, 1.54) is 0 Å². The molecule has 0 amide bonds. The monoisotopic (exact) mass is 322 g/mol. The highest BCUT2D eigenvalue weighted by molar-refractivity contribution is 9.10. The molecule has 2 rings (SSSR count). The zero-order valence-corrected chi connectivity index (χ0v) is 12.3. The maximum absolute atomic E-state index is 5.95. The molecule has 0 atom stereocenters. The number of halogens is 1. The second kappa shape index (κ2) is 5.84. The minimum Gasteiger partial charge on any atom is -0.493 e. The molecular weight excluding hydrogens is 308 g/mol. The normalized spacial score (nSPS) is 10.1. The highest BCUT2D eigenvalue weighted by atomic mass is 79.9. The van der Waals surface area contributed by atoms with E-state index < -0.39 is 0 Å². The first-order chi connectivity index (χ1) is 9.13. The Morgan fingerprint density at radius 2 is 1.74 bits per heavy atom. The van der Waals surface area contributed by atoms with Gasteiger partial charge in [0, 0.05) is 16.2 Å². The van der Waals surface area contributed by atoms with Crippen LogP contribution in [0.3, 0.4) is 0 Å². The van der Waals surface area contributed by atoms with E-state index in [0.29, 0.717) is 17.2 Å². The van der Waals surface area contributed by atoms with Crippen LogP contribution in [0.15, 0.2) is 40.9 Å². The van der Waals surface area contributed by atoms with E-state index in [-0.39, 0.29) is 0 Å². The molecule has 0 aliphatic carbocycles. The van der Waals surface area contributed by atoms with Crippen LogP contribution in [0.25, 0.3) is 0 Å². The minimum absolute atomic E-state index is 0.670. The zero-order valence-electron chi connectivity index (χ0n) is 10.7. The van der Waals surface area contributed by atoms with Gasteiger partial charge in [0.1, 0.15) is 0 Å². The Morgan fingerprint density at radius 3 is 2.37 bits per heavy atom. The van der Waals surface area contributed by atoms with E-state index in [0.717, 1.165) is 15.8 Å². The van der Waals surface area contributed by atoms with E-state index in [2.05, 4.69) is 21.2 Å². The molecule has 0 saturated carbocycles. The largest absolute Gasteiger partial charge is 0.493 e. The molecule has 5 heteroatoms. The molecule has 0 aliphatic heterocycles. The van der Waals surface area contributed by atoms with Crippen LogP contribution >= 0.6 is 15.9 Å². The molecule has 100 valence electrons. The highest BCUT2D eigenvalue weighted by Crippen LogP contribution is 2.32. The van der Waals surface area contributed by atoms with Gasteiger partial charge >= 0.3 is 0 Å². The van der Waals surface area contributed by atoms with Crippen LogP contribution in [0, 0.1) is 0 Å². The third-order valence-corrected chi connectivity index (χ3v) is 3.17. The van der Waals surface area contributed by atoms with Gasteiger partial charge in [-0.15, -0.1) is 0 Å². The second-order valence-corrected chi connectivity index (χ2v) is 4.84. The van der Waals surface area contributed by atoms with E-state index >= 15 is 0 Å². The summed E-state index contributed by atoms with van der Waals surface area (Å²) in [6.07, 6.45) is 0. The average Bonchev–Trinajstić information content (AvgIpc) is 2.41. The number of rotatable bonds is 4. The second-order valence-electron chi connectivity index (χ2n) is 3.93. The van der Waals surface area contributed by atoms with E-state index in [4.69, 9.17) is 15.2 Å². The predicted molar refractivity (Wildman–Crippen MR) is 81.4 cm³/mol. The van der Waals surface area contributed by atoms with Crippen molar-refractivity contribution in [1.82, 2.24) is 0 Å². The van der Waals surface area contributed by atoms with Gasteiger partial charge in [0.2, 0.25) is 0 Å². The Hall–Kier alpha value is -1.88. The van der Waals surface area contributed by atoms with E-state index in [1.54, 1.807) is 14.2 Å². The molecule has 0 unspecified atom stereocenters. The molecule has 0 saturated heterocycles. The Kier molecular flexibility index (Phi) is 4.16. The summed E-state index contributed by atoms with van der Waals surface area (Å²) in [6.45, 7) is 0. The van der Waals surface area contributed by atoms with Crippen molar-refractivity contribution < 1.29 is 9.47 Å². The predicted octanol–water partition coefficient (Wildman–Crippen LogP) is 3.79. The van der Waals surface area contributed by atoms with Gasteiger partial charge in [0.25, 0.3) is 0 Å². The van der Waals surface area contributed by atoms with Crippen molar-refractivity contribution in [2.75, 3.05) is 25.3 Å². The Morgan fingerprint density at radius 1 is 1.00 bits per heavy atom. The van der Waals surface area contributed by atoms with Gasteiger partial charge in [0.05, 0.1) is 25.6 Å². The number of anilines is 3. The van der Waals surface area contributed by atoms with Crippen molar-refractivity contribution in [3.63, 3.8) is 0 Å². The Labute approximate surface area is 120 Å². The molecule has 0 radical (unpaired) electrons. The summed E-state index contributed by atoms with van der Waals surface area (Å²) in [7, 11) is 3.22. The van der Waals surface area contributed by atoms with Crippen LogP contribution in [0.5, 0.6) is 11.5 Å². The van der Waals surface area contributed by atoms with Gasteiger partial charge < -0.3 is 20.5 Å². The first-order valence-electron chi connectivity index (χ1n) is 5.68. The first kappa shape index (κ1) is 13.5. The summed E-state index contributed by atoms with van der Waals surface area (Å²) < 4.78 is 11.4. The molecule has 0 aromatic heterocycles. The van der Waals surface area contributed by atoms with Gasteiger partial charge in [-0.3, -0.25) is 0 Å². The van der Waals surface area contributed by atoms with Gasteiger partial charge in [-0.05, 0) is 30.3 Å². The number of nitrogens with one attached hydrogen (secondary N) is 1. The number of hydrogen-bond acceptors (Lipinski definition) is 4. The van der Waals surface area contributed by atoms with Gasteiger partial charge in [-0.25, -0.2) is 0 Å². The van der Waals surface area contributed by atoms with Crippen molar-refractivity contribution in [2.24, 2.45) is 0 Å². The molecular formula is C14H15BrN2O2. The van der Waals surface area contributed by atoms with Crippen molar-refractivity contribution in [3.8, 4) is 11.5 Å². The summed E-state index contributed by atoms with van der Waals surface area (Å²) in [5.41, 5.74) is 8.34. The lowest BCUT2D eigenvalue weighted by Gasteiger charge is -2.12. The number of benzene rings is 2. The molecule has 3 N–H and O–H groups in total. The number of methoxy groups -OCH3 is 2. The van der Waals surface area contributed by atoms with Crippen LogP contribution in [0.4, 0.5) is 17.1 Å². The molecule has 0 fully saturated rings. The van der Waals surface area contributed by atoms with Crippen LogP contribution < -0.4 is 20.5 Å². The quantitative estimate of drug-likeness (QED) is 0.841. The number of nitrogen functional groups attached to an aromatic ring is 1. The third-order valence-electron chi connectivity index (χ3n) is 2.68. The molecule has 0 heterocycles. The molecule has 0 spiro atoms. The molecule has 2 aromatic rings. The molecule has 2 aromatic carbocycles. The fraction of sp³-hybridized carbons (Fsp3) is 0.143. The molecule has 0 bridgehead atoms. The average molecular weight is 323 g/mol. The van der Waals surface area contributed by atoms with Gasteiger partial charge in [-0.1, -0.05) is 15.9 Å². The van der Waals surface area contributed by atoms with E-state index in [1.807, 2.05) is 36.4 Å². The molecule has 0 aliphatic rings. The topological polar surface area (TPSA) is 56.5 Å². The van der Waals surface area contributed by atoms with Crippen molar-refractivity contribution >= 4 is 33.0 Å². The summed E-state index contributed by atoms with van der Waals surface area (Å²) in [5.74, 6) is 1.36. The molecule has 4 nitrogen and oxygen atoms in total. The third kappa shape index (κ3) is 3.12. The van der Waals surface area contributed by atoms with Crippen molar-refractivity contribution in [1.29, 1.82) is 0 Å². The lowest BCUT2D eigenvalue weighted by molar-refractivity contribution is 0.355. The van der Waals surface area contributed by atoms with Crippen molar-refractivity contribution in [2.45, 2.75) is 0 Å². The maximum Gasteiger partial charge on any atom is 0.162 e. The van der Waals surface area contributed by atoms with Crippen LogP contribution in [-0.2, 0) is 0 Å². The Bertz CT molecular complexity index is 588. The number of ether oxygens (including phenoxy) is 2. The van der Waals surface area contributed by atoms with Gasteiger partial charge in [-0.2, -0.15) is 0 Å². The highest BCUT2D eigenvalue weighted by Gasteiger charge is 2.06. The van der Waals surface area contributed by atoms with Crippen LogP contribution in [-0.4, -0.2) is 14.2 Å². The lowest BCUT2D eigenvalue weighted by atomic mass is 10.2. The standard InChI is InChI=1S/C14H15BrN2O2/c1-18-13-6-4-10(8-14(13)19-2)17-12-5-3-9(15)7-11(12)16/h3-8,17H,16H2,1-2H3. The fourth-order valence-corrected chi connectivity index (χ4v) is 2.10. The maximum atomic E-state index is 5.95. The zero-order chi connectivity index (χ0) is 13.8. The summed E-state index contributed by atoms with van der Waals surface area (Å²) in [5, 5.41) is 3.24. The summed E-state index contributed by atoms with van der Waals surface area (Å²) in [6, 6.07) is 11.3. The van der Waals surface area contributed by atoms with Gasteiger partial charge in [0.15, 0.2) is 11.5 Å². The smallest absolute Gasteiger partial charge is 0.162 e. The van der Waals surface area contributed by atoms with Crippen LogP contribution in [0.2, 0.25) is 0 Å². The lowest BCUT2D eigenvalue weighted by Crippen LogP contribution is -1.97. The number of hydrogen-bond donors (Lipinski definition) is 2. The molecule has 19 heavy (non-hydrogen) atoms. The SMILES string of the molecule is COc1ccc(Nc2ccc(Br)cc2N)cc1OC. The van der Waals surface area contributed by atoms with E-state index in [9.17, 15) is 0 Å². The van der Waals surface area contributed by atoms with Crippen molar-refractivity contribution in [3.05, 3.63) is 40.9 Å². The van der Waals surface area contributed by atoms with Crippen LogP contribution in [0.1, 0.15) is 0 Å². The fourth-order valence-electron chi connectivity index (χ4n) is 1.72. The Balaban J connectivity index is 2.28. The number of nitrogens with two attached hydrogens (primary N) is 1. The summed E-state index contributed by atoms with van der Waals surface area (Å²) in [4.78, 5) is 0. The first-order valence-corrected chi connectivity index (χ1v) is 6.47. The minimum atomic E-state index is 0.670. The summed E-state index contributed by atoms with van der Waals surface area (Å²) >= 11 is 3.38.